The minimum atomic E-state index is -0.955. The molecule has 0 bridgehead atoms. The highest BCUT2D eigenvalue weighted by Gasteiger charge is 2.45. The topological polar surface area (TPSA) is 83.6 Å². The van der Waals surface area contributed by atoms with Crippen LogP contribution in [-0.4, -0.2) is 34.6 Å². The van der Waals surface area contributed by atoms with Crippen molar-refractivity contribution in [3.63, 3.8) is 0 Å². The van der Waals surface area contributed by atoms with Gasteiger partial charge in [-0.3, -0.25) is 29.4 Å². The molecule has 0 spiro atoms. The lowest BCUT2D eigenvalue weighted by Crippen LogP contribution is -2.54. The average molecular weight is 408 g/mol. The van der Waals surface area contributed by atoms with Gasteiger partial charge >= 0.3 is 0 Å². The highest BCUT2D eigenvalue weighted by molar-refractivity contribution is 7.99. The molecule has 2 aliphatic rings. The average Bonchev–Trinajstić information content (AvgIpc) is 2.94. The van der Waals surface area contributed by atoms with Crippen LogP contribution in [0.2, 0.25) is 0 Å². The fourth-order valence-electron chi connectivity index (χ4n) is 3.62. The van der Waals surface area contributed by atoms with E-state index in [1.165, 1.54) is 17.3 Å². The fourth-order valence-corrected chi connectivity index (χ4v) is 4.59. The molecule has 1 N–H and O–H groups in total. The first-order valence-corrected chi connectivity index (χ1v) is 10.3. The van der Waals surface area contributed by atoms with E-state index < -0.39 is 23.8 Å². The van der Waals surface area contributed by atoms with Gasteiger partial charge in [-0.2, -0.15) is 0 Å². The summed E-state index contributed by atoms with van der Waals surface area (Å²) in [5, 5.41) is 2.21. The van der Waals surface area contributed by atoms with Crippen LogP contribution in [0.1, 0.15) is 58.9 Å². The molecular formula is C22H20N2O4S. The maximum absolute atomic E-state index is 13.1. The van der Waals surface area contributed by atoms with E-state index in [4.69, 9.17) is 0 Å². The van der Waals surface area contributed by atoms with Crippen molar-refractivity contribution in [2.45, 2.75) is 48.4 Å². The molecule has 7 heteroatoms. The molecule has 0 saturated carbocycles. The number of hydrogen-bond donors (Lipinski definition) is 1. The Morgan fingerprint density at radius 3 is 2.38 bits per heavy atom. The number of carbonyl (C=O) groups excluding carboxylic acids is 4. The second kappa shape index (κ2) is 7.48. The second-order valence-corrected chi connectivity index (χ2v) is 8.57. The van der Waals surface area contributed by atoms with Crippen LogP contribution in [0, 0.1) is 0 Å². The summed E-state index contributed by atoms with van der Waals surface area (Å²) < 4.78 is 0. The fraction of sp³-hybridized carbons (Fsp3) is 0.273. The number of nitrogens with one attached hydrogen (secondary N) is 1. The number of piperidine rings is 1. The van der Waals surface area contributed by atoms with Crippen LogP contribution in [0.5, 0.6) is 0 Å². The number of benzene rings is 2. The van der Waals surface area contributed by atoms with E-state index in [0.29, 0.717) is 21.9 Å². The van der Waals surface area contributed by atoms with Gasteiger partial charge in [0, 0.05) is 16.2 Å². The standard InChI is InChI=1S/C22H20N2O4S/c1-12(2)13-6-8-14(9-7-13)29-17-5-3-4-15-19(17)22(28)24(21(15)27)16-10-11-18(25)23-20(16)26/h3-9,12,16H,10-11H2,1-2H3,(H,23,25,26). The lowest BCUT2D eigenvalue weighted by molar-refractivity contribution is -0.136. The molecule has 2 aromatic carbocycles. The van der Waals surface area contributed by atoms with Crippen LogP contribution < -0.4 is 5.32 Å². The molecular weight excluding hydrogens is 388 g/mol. The molecule has 0 aliphatic carbocycles. The van der Waals surface area contributed by atoms with E-state index in [9.17, 15) is 19.2 Å². The molecule has 1 fully saturated rings. The Bertz CT molecular complexity index is 1030. The summed E-state index contributed by atoms with van der Waals surface area (Å²) in [5.41, 5.74) is 1.84. The zero-order valence-electron chi connectivity index (χ0n) is 16.1. The van der Waals surface area contributed by atoms with Gasteiger partial charge in [0.1, 0.15) is 6.04 Å². The van der Waals surface area contributed by atoms with E-state index in [1.807, 2.05) is 12.1 Å². The minimum absolute atomic E-state index is 0.105. The Kier molecular flexibility index (Phi) is 5.00. The molecule has 2 aliphatic heterocycles. The number of hydrogen-bond acceptors (Lipinski definition) is 5. The molecule has 29 heavy (non-hydrogen) atoms. The van der Waals surface area contributed by atoms with E-state index >= 15 is 0 Å². The van der Waals surface area contributed by atoms with Gasteiger partial charge in [0.25, 0.3) is 11.8 Å². The summed E-state index contributed by atoms with van der Waals surface area (Å²) in [6.07, 6.45) is 0.253. The molecule has 1 atom stereocenters. The van der Waals surface area contributed by atoms with Gasteiger partial charge in [0.15, 0.2) is 0 Å². The van der Waals surface area contributed by atoms with Crippen molar-refractivity contribution in [3.8, 4) is 0 Å². The minimum Gasteiger partial charge on any atom is -0.295 e. The second-order valence-electron chi connectivity index (χ2n) is 7.45. The number of nitrogens with zero attached hydrogens (tertiary/aromatic N) is 1. The zero-order valence-corrected chi connectivity index (χ0v) is 16.9. The highest BCUT2D eigenvalue weighted by Crippen LogP contribution is 2.37. The maximum atomic E-state index is 13.1. The van der Waals surface area contributed by atoms with Gasteiger partial charge in [-0.05, 0) is 42.2 Å². The Morgan fingerprint density at radius 1 is 1.00 bits per heavy atom. The number of carbonyl (C=O) groups is 4. The molecule has 0 radical (unpaired) electrons. The van der Waals surface area contributed by atoms with Gasteiger partial charge in [-0.1, -0.05) is 43.8 Å². The first-order chi connectivity index (χ1) is 13.9. The summed E-state index contributed by atoms with van der Waals surface area (Å²) in [5.74, 6) is -1.53. The Labute approximate surface area is 172 Å². The number of rotatable bonds is 4. The molecule has 6 nitrogen and oxygen atoms in total. The van der Waals surface area contributed by atoms with Gasteiger partial charge in [-0.25, -0.2) is 0 Å². The van der Waals surface area contributed by atoms with Crippen molar-refractivity contribution in [2.24, 2.45) is 0 Å². The largest absolute Gasteiger partial charge is 0.295 e. The van der Waals surface area contributed by atoms with Crippen molar-refractivity contribution in [1.29, 1.82) is 0 Å². The predicted molar refractivity (Wildman–Crippen MR) is 108 cm³/mol. The van der Waals surface area contributed by atoms with Crippen LogP contribution >= 0.6 is 11.8 Å². The smallest absolute Gasteiger partial charge is 0.263 e. The first-order valence-electron chi connectivity index (χ1n) is 9.49. The van der Waals surface area contributed by atoms with Crippen molar-refractivity contribution >= 4 is 35.4 Å². The summed E-state index contributed by atoms with van der Waals surface area (Å²) in [6, 6.07) is 12.3. The quantitative estimate of drug-likeness (QED) is 0.785. The third kappa shape index (κ3) is 3.46. The molecule has 4 rings (SSSR count). The van der Waals surface area contributed by atoms with E-state index in [0.717, 1.165) is 9.80 Å². The monoisotopic (exact) mass is 408 g/mol. The Hall–Kier alpha value is -2.93. The van der Waals surface area contributed by atoms with Crippen LogP contribution in [0.4, 0.5) is 0 Å². The zero-order chi connectivity index (χ0) is 20.7. The van der Waals surface area contributed by atoms with Gasteiger partial charge in [0.2, 0.25) is 11.8 Å². The summed E-state index contributed by atoms with van der Waals surface area (Å²) in [6.45, 7) is 4.25. The maximum Gasteiger partial charge on any atom is 0.263 e. The lowest BCUT2D eigenvalue weighted by atomic mass is 10.0. The number of fused-ring (bicyclic) bond motifs is 1. The van der Waals surface area contributed by atoms with E-state index in [2.05, 4.69) is 31.3 Å². The summed E-state index contributed by atoms with van der Waals surface area (Å²) in [4.78, 5) is 52.3. The van der Waals surface area contributed by atoms with Crippen molar-refractivity contribution in [2.75, 3.05) is 0 Å². The molecule has 4 amide bonds. The normalized spacial score (nSPS) is 19.0. The molecule has 1 unspecified atom stereocenters. The van der Waals surface area contributed by atoms with Crippen molar-refractivity contribution in [1.82, 2.24) is 10.2 Å². The third-order valence-corrected chi connectivity index (χ3v) is 6.27. The Morgan fingerprint density at radius 2 is 1.72 bits per heavy atom. The van der Waals surface area contributed by atoms with Crippen LogP contribution in [-0.2, 0) is 9.59 Å². The summed E-state index contributed by atoms with van der Waals surface area (Å²) >= 11 is 1.41. The molecule has 1 saturated heterocycles. The highest BCUT2D eigenvalue weighted by atomic mass is 32.2. The van der Waals surface area contributed by atoms with Crippen molar-refractivity contribution in [3.05, 3.63) is 59.2 Å². The van der Waals surface area contributed by atoms with Gasteiger partial charge in [-0.15, -0.1) is 0 Å². The lowest BCUT2D eigenvalue weighted by Gasteiger charge is -2.27. The Balaban J connectivity index is 1.64. The van der Waals surface area contributed by atoms with Crippen molar-refractivity contribution < 1.29 is 19.2 Å². The molecule has 148 valence electrons. The molecule has 2 heterocycles. The first kappa shape index (κ1) is 19.4. The van der Waals surface area contributed by atoms with Gasteiger partial charge in [0.05, 0.1) is 11.1 Å². The summed E-state index contributed by atoms with van der Waals surface area (Å²) in [7, 11) is 0. The van der Waals surface area contributed by atoms with Gasteiger partial charge < -0.3 is 0 Å². The number of imide groups is 2. The molecule has 2 aromatic rings. The number of amides is 4. The van der Waals surface area contributed by atoms with E-state index in [1.54, 1.807) is 18.2 Å². The van der Waals surface area contributed by atoms with E-state index in [-0.39, 0.29) is 18.7 Å². The van der Waals surface area contributed by atoms with Crippen LogP contribution in [0.15, 0.2) is 52.3 Å². The third-order valence-electron chi connectivity index (χ3n) is 5.20. The van der Waals surface area contributed by atoms with Crippen LogP contribution in [0.25, 0.3) is 0 Å². The SMILES string of the molecule is CC(C)c1ccc(Sc2cccc3c2C(=O)N(C2CCC(=O)NC2=O)C3=O)cc1. The van der Waals surface area contributed by atoms with Crippen LogP contribution in [0.3, 0.4) is 0 Å². The molecule has 0 aromatic heterocycles. The predicted octanol–water partition coefficient (Wildman–Crippen LogP) is 3.36.